The van der Waals surface area contributed by atoms with Crippen LogP contribution in [0.3, 0.4) is 0 Å². The molecule has 2 amide bonds. The second-order valence-corrected chi connectivity index (χ2v) is 7.66. The van der Waals surface area contributed by atoms with Crippen molar-refractivity contribution in [3.05, 3.63) is 65.6 Å². The van der Waals surface area contributed by atoms with Crippen LogP contribution >= 0.6 is 0 Å². The Kier molecular flexibility index (Phi) is 6.53. The van der Waals surface area contributed by atoms with Gasteiger partial charge >= 0.3 is 6.03 Å². The smallest absolute Gasteiger partial charge is 0.321 e. The highest BCUT2D eigenvalue weighted by atomic mass is 19.1. The molecule has 2 heterocycles. The molecule has 8 nitrogen and oxygen atoms in total. The molecule has 32 heavy (non-hydrogen) atoms. The highest BCUT2D eigenvalue weighted by molar-refractivity contribution is 5.90. The first-order valence-corrected chi connectivity index (χ1v) is 10.4. The van der Waals surface area contributed by atoms with Crippen LogP contribution < -0.4 is 14.8 Å². The SMILES string of the molecule is COc1ccc(NC(=O)N2CCCC(c3noc(COc4ccccc4F)n3)C2)c(C)c1. The number of nitrogens with zero attached hydrogens (tertiary/aromatic N) is 3. The predicted octanol–water partition coefficient (Wildman–Crippen LogP) is 4.52. The molecule has 1 fully saturated rings. The quantitative estimate of drug-likeness (QED) is 0.606. The maximum Gasteiger partial charge on any atom is 0.321 e. The molecule has 1 aromatic heterocycles. The normalized spacial score (nSPS) is 16.0. The number of amides is 2. The largest absolute Gasteiger partial charge is 0.497 e. The van der Waals surface area contributed by atoms with Gasteiger partial charge in [0.15, 0.2) is 24.0 Å². The van der Waals surface area contributed by atoms with Crippen LogP contribution in [0, 0.1) is 12.7 Å². The molecule has 1 aliphatic heterocycles. The van der Waals surface area contributed by atoms with Gasteiger partial charge in [0, 0.05) is 24.7 Å². The van der Waals surface area contributed by atoms with Crippen molar-refractivity contribution in [1.29, 1.82) is 0 Å². The van der Waals surface area contributed by atoms with Crippen LogP contribution in [0.5, 0.6) is 11.5 Å². The number of piperidine rings is 1. The molecule has 3 aromatic rings. The van der Waals surface area contributed by atoms with Gasteiger partial charge < -0.3 is 24.2 Å². The lowest BCUT2D eigenvalue weighted by molar-refractivity contribution is 0.190. The van der Waals surface area contributed by atoms with Crippen molar-refractivity contribution in [2.45, 2.75) is 32.3 Å². The van der Waals surface area contributed by atoms with E-state index in [1.807, 2.05) is 25.1 Å². The average molecular weight is 440 g/mol. The number of ether oxygens (including phenoxy) is 2. The molecule has 0 saturated carbocycles. The molecule has 0 spiro atoms. The molecule has 1 atom stereocenters. The summed E-state index contributed by atoms with van der Waals surface area (Å²) in [4.78, 5) is 19.0. The molecule has 0 radical (unpaired) electrons. The summed E-state index contributed by atoms with van der Waals surface area (Å²) in [6, 6.07) is 11.5. The zero-order chi connectivity index (χ0) is 22.5. The first-order valence-electron chi connectivity index (χ1n) is 10.4. The lowest BCUT2D eigenvalue weighted by atomic mass is 9.97. The number of hydrogen-bond acceptors (Lipinski definition) is 6. The fourth-order valence-electron chi connectivity index (χ4n) is 3.66. The minimum Gasteiger partial charge on any atom is -0.497 e. The van der Waals surface area contributed by atoms with Crippen LogP contribution in [0.2, 0.25) is 0 Å². The number of likely N-dealkylation sites (tertiary alicyclic amines) is 1. The molecule has 0 bridgehead atoms. The van der Waals surface area contributed by atoms with E-state index >= 15 is 0 Å². The number of para-hydroxylation sites is 1. The zero-order valence-corrected chi connectivity index (χ0v) is 18.0. The third-order valence-electron chi connectivity index (χ3n) is 5.42. The summed E-state index contributed by atoms with van der Waals surface area (Å²) in [6.07, 6.45) is 1.67. The van der Waals surface area contributed by atoms with Crippen molar-refractivity contribution < 1.29 is 23.2 Å². The lowest BCUT2D eigenvalue weighted by Gasteiger charge is -2.31. The number of halogens is 1. The number of methoxy groups -OCH3 is 1. The van der Waals surface area contributed by atoms with Gasteiger partial charge in [-0.2, -0.15) is 4.98 Å². The summed E-state index contributed by atoms with van der Waals surface area (Å²) >= 11 is 0. The monoisotopic (exact) mass is 440 g/mol. The number of carbonyl (C=O) groups is 1. The Bertz CT molecular complexity index is 1090. The Morgan fingerprint density at radius 1 is 1.31 bits per heavy atom. The van der Waals surface area contributed by atoms with Gasteiger partial charge in [0.2, 0.25) is 0 Å². The molecule has 1 unspecified atom stereocenters. The first-order chi connectivity index (χ1) is 15.5. The molecule has 4 rings (SSSR count). The van der Waals surface area contributed by atoms with Gasteiger partial charge in [0.05, 0.1) is 7.11 Å². The van der Waals surface area contributed by atoms with Gasteiger partial charge in [-0.25, -0.2) is 9.18 Å². The van der Waals surface area contributed by atoms with Gasteiger partial charge in [-0.1, -0.05) is 17.3 Å². The maximum absolute atomic E-state index is 13.7. The molecule has 168 valence electrons. The van der Waals surface area contributed by atoms with E-state index in [0.717, 1.165) is 29.8 Å². The minimum absolute atomic E-state index is 0.0262. The number of urea groups is 1. The van der Waals surface area contributed by atoms with Crippen LogP contribution in [0.15, 0.2) is 47.0 Å². The van der Waals surface area contributed by atoms with E-state index in [9.17, 15) is 9.18 Å². The standard InChI is InChI=1S/C23H25FN4O4/c1-15-12-17(30-2)9-10-19(15)25-23(29)28-11-5-6-16(13-28)22-26-21(32-27-22)14-31-20-8-4-3-7-18(20)24/h3-4,7-10,12,16H,5-6,11,13-14H2,1-2H3,(H,25,29). The number of carbonyl (C=O) groups excluding carboxylic acids is 1. The lowest BCUT2D eigenvalue weighted by Crippen LogP contribution is -2.42. The summed E-state index contributed by atoms with van der Waals surface area (Å²) in [5.74, 6) is 1.16. The van der Waals surface area contributed by atoms with Crippen LogP contribution in [0.4, 0.5) is 14.9 Å². The minimum atomic E-state index is -0.451. The Morgan fingerprint density at radius 3 is 2.94 bits per heavy atom. The second-order valence-electron chi connectivity index (χ2n) is 7.66. The number of anilines is 1. The van der Waals surface area contributed by atoms with Crippen molar-refractivity contribution in [2.24, 2.45) is 0 Å². The van der Waals surface area contributed by atoms with E-state index in [-0.39, 0.29) is 30.2 Å². The number of rotatable bonds is 6. The van der Waals surface area contributed by atoms with E-state index in [0.29, 0.717) is 18.9 Å². The van der Waals surface area contributed by atoms with Gasteiger partial charge in [0.1, 0.15) is 5.75 Å². The van der Waals surface area contributed by atoms with Crippen LogP contribution in [0.1, 0.15) is 36.0 Å². The average Bonchev–Trinajstić information content (AvgIpc) is 3.29. The molecule has 9 heteroatoms. The predicted molar refractivity (Wildman–Crippen MR) is 115 cm³/mol. The molecular formula is C23H25FN4O4. The molecule has 1 N–H and O–H groups in total. The van der Waals surface area contributed by atoms with Crippen molar-refractivity contribution in [3.8, 4) is 11.5 Å². The van der Waals surface area contributed by atoms with Gasteiger partial charge in [-0.05, 0) is 55.7 Å². The molecule has 0 aliphatic carbocycles. The Morgan fingerprint density at radius 2 is 2.16 bits per heavy atom. The molecular weight excluding hydrogens is 415 g/mol. The number of nitrogens with one attached hydrogen (secondary N) is 1. The summed E-state index contributed by atoms with van der Waals surface area (Å²) in [7, 11) is 1.61. The molecule has 2 aromatic carbocycles. The van der Waals surface area contributed by atoms with E-state index < -0.39 is 5.82 Å². The van der Waals surface area contributed by atoms with Gasteiger partial charge in [-0.3, -0.25) is 0 Å². The third kappa shape index (κ3) is 4.99. The molecule has 1 saturated heterocycles. The number of hydrogen-bond donors (Lipinski definition) is 1. The highest BCUT2D eigenvalue weighted by Crippen LogP contribution is 2.27. The Labute approximate surface area is 185 Å². The van der Waals surface area contributed by atoms with E-state index in [4.69, 9.17) is 14.0 Å². The van der Waals surface area contributed by atoms with E-state index in [1.54, 1.807) is 24.1 Å². The third-order valence-corrected chi connectivity index (χ3v) is 5.42. The fourth-order valence-corrected chi connectivity index (χ4v) is 3.66. The summed E-state index contributed by atoms with van der Waals surface area (Å²) < 4.78 is 29.6. The van der Waals surface area contributed by atoms with E-state index in [2.05, 4.69) is 15.5 Å². The maximum atomic E-state index is 13.7. The number of benzene rings is 2. The fraction of sp³-hybridized carbons (Fsp3) is 0.348. The van der Waals surface area contributed by atoms with E-state index in [1.165, 1.54) is 12.1 Å². The molecule has 1 aliphatic rings. The first kappa shape index (κ1) is 21.6. The van der Waals surface area contributed by atoms with Gasteiger partial charge in [0.25, 0.3) is 5.89 Å². The van der Waals surface area contributed by atoms with Crippen LogP contribution in [-0.4, -0.2) is 41.3 Å². The Balaban J connectivity index is 1.35. The highest BCUT2D eigenvalue weighted by Gasteiger charge is 2.28. The van der Waals surface area contributed by atoms with Crippen molar-refractivity contribution in [3.63, 3.8) is 0 Å². The van der Waals surface area contributed by atoms with Crippen LogP contribution in [0.25, 0.3) is 0 Å². The van der Waals surface area contributed by atoms with Crippen molar-refractivity contribution in [2.75, 3.05) is 25.5 Å². The summed E-state index contributed by atoms with van der Waals surface area (Å²) in [5, 5.41) is 7.02. The van der Waals surface area contributed by atoms with Crippen molar-refractivity contribution >= 4 is 11.7 Å². The topological polar surface area (TPSA) is 89.7 Å². The summed E-state index contributed by atoms with van der Waals surface area (Å²) in [5.41, 5.74) is 1.66. The zero-order valence-electron chi connectivity index (χ0n) is 18.0. The summed E-state index contributed by atoms with van der Waals surface area (Å²) in [6.45, 7) is 3.02. The number of aromatic nitrogens is 2. The Hall–Kier alpha value is -3.62. The van der Waals surface area contributed by atoms with Gasteiger partial charge in [-0.15, -0.1) is 0 Å². The number of aryl methyl sites for hydroxylation is 1. The van der Waals surface area contributed by atoms with Crippen LogP contribution in [-0.2, 0) is 6.61 Å². The second kappa shape index (κ2) is 9.67. The van der Waals surface area contributed by atoms with Crippen molar-refractivity contribution in [1.82, 2.24) is 15.0 Å².